The van der Waals surface area contributed by atoms with Gasteiger partial charge in [-0.3, -0.25) is 4.68 Å². The molecule has 0 fully saturated rings. The van der Waals surface area contributed by atoms with Crippen LogP contribution in [0.5, 0.6) is 0 Å². The van der Waals surface area contributed by atoms with Gasteiger partial charge in [-0.15, -0.1) is 0 Å². The van der Waals surface area contributed by atoms with E-state index in [1.807, 2.05) is 0 Å². The molecule has 7 nitrogen and oxygen atoms in total. The van der Waals surface area contributed by atoms with Gasteiger partial charge in [-0.2, -0.15) is 10.1 Å². The molecule has 3 aromatic rings. The Balaban J connectivity index is 1.79. The number of benzene rings is 1. The van der Waals surface area contributed by atoms with Gasteiger partial charge >= 0.3 is 0 Å². The van der Waals surface area contributed by atoms with E-state index >= 15 is 0 Å². The van der Waals surface area contributed by atoms with Crippen molar-refractivity contribution in [3.63, 3.8) is 0 Å². The monoisotopic (exact) mass is 343 g/mol. The number of anilines is 3. The first-order valence-electron chi connectivity index (χ1n) is 7.36. The summed E-state index contributed by atoms with van der Waals surface area (Å²) in [7, 11) is 1.79. The Labute approximate surface area is 142 Å². The van der Waals surface area contributed by atoms with Crippen molar-refractivity contribution in [2.45, 2.75) is 6.54 Å². The molecule has 2 heterocycles. The van der Waals surface area contributed by atoms with Crippen LogP contribution in [0.1, 0.15) is 11.1 Å². The van der Waals surface area contributed by atoms with Crippen molar-refractivity contribution in [1.29, 1.82) is 5.41 Å². The lowest BCUT2D eigenvalue weighted by molar-refractivity contribution is 0.574. The van der Waals surface area contributed by atoms with E-state index in [-0.39, 0.29) is 12.1 Å². The molecule has 0 spiro atoms. The van der Waals surface area contributed by atoms with Gasteiger partial charge in [0, 0.05) is 43.8 Å². The first kappa shape index (κ1) is 16.5. The zero-order valence-electron chi connectivity index (χ0n) is 13.3. The topological polar surface area (TPSA) is 91.5 Å². The predicted octanol–water partition coefficient (Wildman–Crippen LogP) is 2.84. The van der Waals surface area contributed by atoms with Crippen molar-refractivity contribution < 1.29 is 8.78 Å². The van der Waals surface area contributed by atoms with Gasteiger partial charge in [-0.1, -0.05) is 6.07 Å². The predicted molar refractivity (Wildman–Crippen MR) is 90.1 cm³/mol. The quantitative estimate of drug-likeness (QED) is 0.599. The fraction of sp³-hybridized carbons (Fsp3) is 0.125. The number of halogens is 2. The minimum absolute atomic E-state index is 0.0936. The SMILES string of the molecule is Cn1cc(Nc2ncc(C=N)c(NCc3ccc(F)cc3F)n2)cn1. The largest absolute Gasteiger partial charge is 0.365 e. The highest BCUT2D eigenvalue weighted by molar-refractivity contribution is 5.84. The van der Waals surface area contributed by atoms with Gasteiger partial charge in [0.25, 0.3) is 0 Å². The number of hydrogen-bond acceptors (Lipinski definition) is 6. The van der Waals surface area contributed by atoms with Crippen molar-refractivity contribution in [3.05, 3.63) is 59.6 Å². The lowest BCUT2D eigenvalue weighted by Gasteiger charge is -2.11. The maximum Gasteiger partial charge on any atom is 0.229 e. The number of aryl methyl sites for hydroxylation is 1. The molecule has 3 rings (SSSR count). The van der Waals surface area contributed by atoms with Gasteiger partial charge in [-0.25, -0.2) is 13.8 Å². The molecule has 9 heteroatoms. The molecule has 0 bridgehead atoms. The Morgan fingerprint density at radius 1 is 1.28 bits per heavy atom. The number of hydrogen-bond donors (Lipinski definition) is 3. The van der Waals surface area contributed by atoms with Crippen LogP contribution in [0.4, 0.5) is 26.2 Å². The summed E-state index contributed by atoms with van der Waals surface area (Å²) in [5.41, 5.74) is 1.44. The third-order valence-corrected chi connectivity index (χ3v) is 3.39. The summed E-state index contributed by atoms with van der Waals surface area (Å²) in [4.78, 5) is 8.42. The number of nitrogens with zero attached hydrogens (tertiary/aromatic N) is 4. The van der Waals surface area contributed by atoms with E-state index in [1.165, 1.54) is 18.3 Å². The van der Waals surface area contributed by atoms with Crippen LogP contribution in [0.2, 0.25) is 0 Å². The van der Waals surface area contributed by atoms with E-state index in [9.17, 15) is 8.78 Å². The van der Waals surface area contributed by atoms with Gasteiger partial charge in [0.05, 0.1) is 17.4 Å². The Hall–Kier alpha value is -3.36. The van der Waals surface area contributed by atoms with Gasteiger partial charge in [-0.05, 0) is 6.07 Å². The lowest BCUT2D eigenvalue weighted by atomic mass is 10.2. The van der Waals surface area contributed by atoms with E-state index < -0.39 is 11.6 Å². The van der Waals surface area contributed by atoms with Crippen LogP contribution in [0, 0.1) is 17.0 Å². The summed E-state index contributed by atoms with van der Waals surface area (Å²) in [6.45, 7) is 0.0936. The Bertz CT molecular complexity index is 907. The fourth-order valence-corrected chi connectivity index (χ4v) is 2.16. The molecule has 25 heavy (non-hydrogen) atoms. The molecule has 0 saturated heterocycles. The molecule has 0 aliphatic carbocycles. The number of rotatable bonds is 6. The second kappa shape index (κ2) is 7.04. The Kier molecular flexibility index (Phi) is 4.64. The summed E-state index contributed by atoms with van der Waals surface area (Å²) in [6, 6.07) is 3.37. The highest BCUT2D eigenvalue weighted by atomic mass is 19.1. The van der Waals surface area contributed by atoms with Crippen LogP contribution in [0.15, 0.2) is 36.8 Å². The molecule has 2 aromatic heterocycles. The van der Waals surface area contributed by atoms with Gasteiger partial charge < -0.3 is 16.0 Å². The fourth-order valence-electron chi connectivity index (χ4n) is 2.16. The second-order valence-corrected chi connectivity index (χ2v) is 5.26. The average molecular weight is 343 g/mol. The van der Waals surface area contributed by atoms with Crippen LogP contribution >= 0.6 is 0 Å². The Morgan fingerprint density at radius 3 is 2.80 bits per heavy atom. The molecular weight excluding hydrogens is 328 g/mol. The molecule has 0 amide bonds. The highest BCUT2D eigenvalue weighted by Crippen LogP contribution is 2.18. The van der Waals surface area contributed by atoms with Crippen molar-refractivity contribution in [3.8, 4) is 0 Å². The van der Waals surface area contributed by atoms with E-state index in [1.54, 1.807) is 24.1 Å². The van der Waals surface area contributed by atoms with Crippen LogP contribution in [-0.2, 0) is 13.6 Å². The summed E-state index contributed by atoms with van der Waals surface area (Å²) < 4.78 is 28.3. The molecular formula is C16H15F2N7. The smallest absolute Gasteiger partial charge is 0.229 e. The van der Waals surface area contributed by atoms with Crippen LogP contribution in [-0.4, -0.2) is 26.0 Å². The first-order chi connectivity index (χ1) is 12.0. The third-order valence-electron chi connectivity index (χ3n) is 3.39. The van der Waals surface area contributed by atoms with Gasteiger partial charge in [0.2, 0.25) is 5.95 Å². The van der Waals surface area contributed by atoms with Crippen molar-refractivity contribution in [2.24, 2.45) is 7.05 Å². The van der Waals surface area contributed by atoms with Crippen LogP contribution in [0.3, 0.4) is 0 Å². The minimum atomic E-state index is -0.647. The number of nitrogens with one attached hydrogen (secondary N) is 3. The molecule has 0 saturated carbocycles. The summed E-state index contributed by atoms with van der Waals surface area (Å²) in [5, 5.41) is 17.4. The normalized spacial score (nSPS) is 10.5. The zero-order valence-corrected chi connectivity index (χ0v) is 13.3. The van der Waals surface area contributed by atoms with Crippen molar-refractivity contribution in [1.82, 2.24) is 19.7 Å². The molecule has 128 valence electrons. The molecule has 0 radical (unpaired) electrons. The Morgan fingerprint density at radius 2 is 2.12 bits per heavy atom. The van der Waals surface area contributed by atoms with E-state index in [0.717, 1.165) is 12.3 Å². The van der Waals surface area contributed by atoms with Gasteiger partial charge in [0.15, 0.2) is 0 Å². The summed E-state index contributed by atoms with van der Waals surface area (Å²) >= 11 is 0. The van der Waals surface area contributed by atoms with Gasteiger partial charge in [0.1, 0.15) is 17.5 Å². The second-order valence-electron chi connectivity index (χ2n) is 5.26. The van der Waals surface area contributed by atoms with Crippen molar-refractivity contribution in [2.75, 3.05) is 10.6 Å². The van der Waals surface area contributed by atoms with Crippen LogP contribution < -0.4 is 10.6 Å². The lowest BCUT2D eigenvalue weighted by Crippen LogP contribution is -2.08. The van der Waals surface area contributed by atoms with Crippen molar-refractivity contribution >= 4 is 23.7 Å². The standard InChI is InChI=1S/C16H15F2N7/c1-25-9-13(8-22-25)23-16-21-7-11(5-19)15(24-16)20-6-10-2-3-12(17)4-14(10)18/h2-5,7-9,19H,6H2,1H3,(H2,20,21,23,24). The maximum absolute atomic E-state index is 13.7. The molecule has 0 aliphatic heterocycles. The summed E-state index contributed by atoms with van der Waals surface area (Å²) in [6.07, 6.45) is 5.95. The minimum Gasteiger partial charge on any atom is -0.365 e. The van der Waals surface area contributed by atoms with E-state index in [2.05, 4.69) is 25.7 Å². The average Bonchev–Trinajstić information content (AvgIpc) is 2.99. The first-order valence-corrected chi connectivity index (χ1v) is 7.36. The van der Waals surface area contributed by atoms with E-state index in [0.29, 0.717) is 23.0 Å². The van der Waals surface area contributed by atoms with Crippen LogP contribution in [0.25, 0.3) is 0 Å². The zero-order chi connectivity index (χ0) is 17.8. The molecule has 0 unspecified atom stereocenters. The highest BCUT2D eigenvalue weighted by Gasteiger charge is 2.09. The summed E-state index contributed by atoms with van der Waals surface area (Å²) in [5.74, 6) is -0.612. The number of aromatic nitrogens is 4. The third kappa shape index (κ3) is 3.94. The molecule has 0 atom stereocenters. The molecule has 1 aromatic carbocycles. The molecule has 0 aliphatic rings. The molecule has 3 N–H and O–H groups in total. The maximum atomic E-state index is 13.7. The van der Waals surface area contributed by atoms with E-state index in [4.69, 9.17) is 5.41 Å².